The van der Waals surface area contributed by atoms with E-state index in [2.05, 4.69) is 28.9 Å². The van der Waals surface area contributed by atoms with Gasteiger partial charge in [0, 0.05) is 45.2 Å². The Balaban J connectivity index is 1.85. The highest BCUT2D eigenvalue weighted by atomic mass is 16.3. The second-order valence-electron chi connectivity index (χ2n) is 6.34. The summed E-state index contributed by atoms with van der Waals surface area (Å²) in [6, 6.07) is 0.411. The lowest BCUT2D eigenvalue weighted by molar-refractivity contribution is -0.141. The molecule has 0 aromatic rings. The van der Waals surface area contributed by atoms with Crippen LogP contribution in [0.15, 0.2) is 12.2 Å². The topological polar surface area (TPSA) is 43.8 Å². The summed E-state index contributed by atoms with van der Waals surface area (Å²) in [5.41, 5.74) is 0. The highest BCUT2D eigenvalue weighted by Gasteiger charge is 2.38. The van der Waals surface area contributed by atoms with E-state index in [1.807, 2.05) is 0 Å². The molecule has 2 fully saturated rings. The van der Waals surface area contributed by atoms with Crippen molar-refractivity contribution >= 4 is 5.91 Å². The van der Waals surface area contributed by atoms with E-state index in [-0.39, 0.29) is 6.61 Å². The van der Waals surface area contributed by atoms with E-state index in [1.165, 1.54) is 12.8 Å². The SMILES string of the molecule is CCCC=CCN1CC[C@@H]2[C@@H](CCC(=O)N2CCCO)C1. The zero-order valence-electron chi connectivity index (χ0n) is 13.3. The maximum atomic E-state index is 12.1. The average molecular weight is 294 g/mol. The Hall–Kier alpha value is -0.870. The summed E-state index contributed by atoms with van der Waals surface area (Å²) in [7, 11) is 0. The summed E-state index contributed by atoms with van der Waals surface area (Å²) < 4.78 is 0. The standard InChI is InChI=1S/C17H30N2O2/c1-2-3-4-5-10-18-12-9-16-15(14-18)7-8-17(21)19(16)11-6-13-20/h4-5,15-16,20H,2-3,6-14H2,1H3/t15-,16+/m0/s1. The molecule has 0 spiro atoms. The van der Waals surface area contributed by atoms with Crippen molar-refractivity contribution in [1.29, 1.82) is 0 Å². The quantitative estimate of drug-likeness (QED) is 0.731. The fraction of sp³-hybridized carbons (Fsp3) is 0.824. The first-order valence-corrected chi connectivity index (χ1v) is 8.54. The van der Waals surface area contributed by atoms with E-state index in [9.17, 15) is 4.79 Å². The highest BCUT2D eigenvalue weighted by molar-refractivity contribution is 5.77. The van der Waals surface area contributed by atoms with Crippen molar-refractivity contribution in [3.05, 3.63) is 12.2 Å². The van der Waals surface area contributed by atoms with Crippen molar-refractivity contribution in [2.75, 3.05) is 32.8 Å². The number of allylic oxidation sites excluding steroid dienone is 1. The maximum absolute atomic E-state index is 12.1. The number of hydrogen-bond donors (Lipinski definition) is 1. The summed E-state index contributed by atoms with van der Waals surface area (Å²) in [4.78, 5) is 16.7. The number of aliphatic hydroxyl groups excluding tert-OH is 1. The van der Waals surface area contributed by atoms with Crippen molar-refractivity contribution in [2.24, 2.45) is 5.92 Å². The molecule has 120 valence electrons. The minimum absolute atomic E-state index is 0.176. The third kappa shape index (κ3) is 4.55. The van der Waals surface area contributed by atoms with Crippen LogP contribution in [0.1, 0.15) is 45.4 Å². The highest BCUT2D eigenvalue weighted by Crippen LogP contribution is 2.31. The zero-order chi connectivity index (χ0) is 15.1. The molecular formula is C17H30N2O2. The first-order chi connectivity index (χ1) is 10.3. The summed E-state index contributed by atoms with van der Waals surface area (Å²) in [5.74, 6) is 0.913. The molecule has 21 heavy (non-hydrogen) atoms. The molecule has 4 heteroatoms. The monoisotopic (exact) mass is 294 g/mol. The van der Waals surface area contributed by atoms with Crippen molar-refractivity contribution in [1.82, 2.24) is 9.80 Å². The van der Waals surface area contributed by atoms with Crippen LogP contribution in [0.4, 0.5) is 0 Å². The smallest absolute Gasteiger partial charge is 0.222 e. The second-order valence-corrected chi connectivity index (χ2v) is 6.34. The summed E-state index contributed by atoms with van der Waals surface area (Å²) in [6.07, 6.45) is 10.5. The van der Waals surface area contributed by atoms with Gasteiger partial charge in [-0.1, -0.05) is 25.5 Å². The molecule has 0 radical (unpaired) electrons. The molecule has 2 saturated heterocycles. The molecule has 0 aromatic heterocycles. The number of carbonyl (C=O) groups excluding carboxylic acids is 1. The number of likely N-dealkylation sites (tertiary alicyclic amines) is 2. The van der Waals surface area contributed by atoms with Gasteiger partial charge in [0.05, 0.1) is 0 Å². The minimum Gasteiger partial charge on any atom is -0.396 e. The van der Waals surface area contributed by atoms with Crippen molar-refractivity contribution in [3.8, 4) is 0 Å². The maximum Gasteiger partial charge on any atom is 0.222 e. The van der Waals surface area contributed by atoms with Crippen LogP contribution >= 0.6 is 0 Å². The first-order valence-electron chi connectivity index (χ1n) is 8.54. The van der Waals surface area contributed by atoms with Crippen LogP contribution in [0, 0.1) is 5.92 Å². The molecule has 2 aliphatic heterocycles. The Labute approximate surface area is 128 Å². The van der Waals surface area contributed by atoms with E-state index >= 15 is 0 Å². The summed E-state index contributed by atoms with van der Waals surface area (Å²) >= 11 is 0. The molecule has 0 aromatic carbocycles. The predicted molar refractivity (Wildman–Crippen MR) is 85.0 cm³/mol. The Morgan fingerprint density at radius 3 is 2.95 bits per heavy atom. The van der Waals surface area contributed by atoms with Crippen LogP contribution in [0.2, 0.25) is 0 Å². The van der Waals surface area contributed by atoms with Gasteiger partial charge in [-0.05, 0) is 31.6 Å². The number of nitrogens with zero attached hydrogens (tertiary/aromatic N) is 2. The fourth-order valence-electron chi connectivity index (χ4n) is 3.63. The number of carbonyl (C=O) groups is 1. The summed E-state index contributed by atoms with van der Waals surface area (Å²) in [6.45, 7) is 6.36. The van der Waals surface area contributed by atoms with Crippen LogP contribution in [0.3, 0.4) is 0 Å². The number of piperidine rings is 2. The molecule has 1 N–H and O–H groups in total. The van der Waals surface area contributed by atoms with Gasteiger partial charge in [-0.25, -0.2) is 0 Å². The lowest BCUT2D eigenvalue weighted by atomic mass is 9.83. The molecule has 2 aliphatic rings. The third-order valence-corrected chi connectivity index (χ3v) is 4.77. The Kier molecular flexibility index (Phi) is 6.71. The van der Waals surface area contributed by atoms with Gasteiger partial charge in [0.1, 0.15) is 0 Å². The minimum atomic E-state index is 0.176. The number of unbranched alkanes of at least 4 members (excludes halogenated alkanes) is 1. The van der Waals surface area contributed by atoms with Gasteiger partial charge in [-0.15, -0.1) is 0 Å². The Morgan fingerprint density at radius 1 is 1.33 bits per heavy atom. The Bertz CT molecular complexity index is 357. The Morgan fingerprint density at radius 2 is 2.19 bits per heavy atom. The number of rotatable bonds is 7. The van der Waals surface area contributed by atoms with E-state index in [1.54, 1.807) is 0 Å². The molecule has 2 atom stereocenters. The van der Waals surface area contributed by atoms with Crippen molar-refractivity contribution in [2.45, 2.75) is 51.5 Å². The lowest BCUT2D eigenvalue weighted by Gasteiger charge is -2.47. The molecule has 0 bridgehead atoms. The molecule has 0 unspecified atom stereocenters. The van der Waals surface area contributed by atoms with Crippen molar-refractivity contribution in [3.63, 3.8) is 0 Å². The number of amides is 1. The van der Waals surface area contributed by atoms with Gasteiger partial charge in [-0.3, -0.25) is 9.69 Å². The second kappa shape index (κ2) is 8.54. The number of fused-ring (bicyclic) bond motifs is 1. The van der Waals surface area contributed by atoms with Gasteiger partial charge >= 0.3 is 0 Å². The molecule has 2 rings (SSSR count). The molecule has 2 heterocycles. The van der Waals surface area contributed by atoms with Gasteiger partial charge in [0.25, 0.3) is 0 Å². The number of aliphatic hydroxyl groups is 1. The average Bonchev–Trinajstić information content (AvgIpc) is 2.51. The van der Waals surface area contributed by atoms with E-state index in [0.29, 0.717) is 30.7 Å². The first kappa shape index (κ1) is 16.5. The third-order valence-electron chi connectivity index (χ3n) is 4.77. The number of hydrogen-bond acceptors (Lipinski definition) is 3. The predicted octanol–water partition coefficient (Wildman–Crippen LogP) is 2.04. The molecule has 1 amide bonds. The van der Waals surface area contributed by atoms with E-state index in [4.69, 9.17) is 5.11 Å². The summed E-state index contributed by atoms with van der Waals surface area (Å²) in [5, 5.41) is 9.01. The molecule has 4 nitrogen and oxygen atoms in total. The van der Waals surface area contributed by atoms with E-state index in [0.717, 1.165) is 39.0 Å². The van der Waals surface area contributed by atoms with Gasteiger partial charge < -0.3 is 10.0 Å². The van der Waals surface area contributed by atoms with Gasteiger partial charge in [-0.2, -0.15) is 0 Å². The fourth-order valence-corrected chi connectivity index (χ4v) is 3.63. The van der Waals surface area contributed by atoms with Crippen molar-refractivity contribution < 1.29 is 9.90 Å². The normalized spacial score (nSPS) is 27.3. The van der Waals surface area contributed by atoms with Crippen LogP contribution in [0.5, 0.6) is 0 Å². The largest absolute Gasteiger partial charge is 0.396 e. The van der Waals surface area contributed by atoms with Crippen LogP contribution < -0.4 is 0 Å². The zero-order valence-corrected chi connectivity index (χ0v) is 13.3. The molecule has 0 aliphatic carbocycles. The van der Waals surface area contributed by atoms with Gasteiger partial charge in [0.15, 0.2) is 0 Å². The molecule has 0 saturated carbocycles. The van der Waals surface area contributed by atoms with Crippen LogP contribution in [-0.4, -0.2) is 59.6 Å². The van der Waals surface area contributed by atoms with Crippen LogP contribution in [0.25, 0.3) is 0 Å². The van der Waals surface area contributed by atoms with Gasteiger partial charge in [0.2, 0.25) is 5.91 Å². The lowest BCUT2D eigenvalue weighted by Crippen LogP contribution is -2.56. The van der Waals surface area contributed by atoms with Crippen LogP contribution in [-0.2, 0) is 4.79 Å². The van der Waals surface area contributed by atoms with E-state index < -0.39 is 0 Å². The molecular weight excluding hydrogens is 264 g/mol.